The molecule has 1 aromatic carbocycles. The van der Waals surface area contributed by atoms with Crippen LogP contribution in [0.15, 0.2) is 30.3 Å². The van der Waals surface area contributed by atoms with Crippen molar-refractivity contribution in [3.63, 3.8) is 0 Å². The van der Waals surface area contributed by atoms with Gasteiger partial charge >= 0.3 is 11.9 Å². The number of nitrogens with zero attached hydrogens (tertiary/aromatic N) is 1. The summed E-state index contributed by atoms with van der Waals surface area (Å²) in [7, 11) is 0. The summed E-state index contributed by atoms with van der Waals surface area (Å²) in [5.41, 5.74) is 0.478. The summed E-state index contributed by atoms with van der Waals surface area (Å²) in [6.07, 6.45) is 2.21. The van der Waals surface area contributed by atoms with E-state index in [-0.39, 0.29) is 12.5 Å². The Kier molecular flexibility index (Phi) is 7.61. The number of hydrogen-bond donors (Lipinski definition) is 0. The largest absolute Gasteiger partial charge is 0.466 e. The first-order chi connectivity index (χ1) is 13.2. The van der Waals surface area contributed by atoms with Crippen LogP contribution >= 0.6 is 0 Å². The number of carbonyl (C=O) groups excluding carboxylic acids is 3. The van der Waals surface area contributed by atoms with Gasteiger partial charge in [0.1, 0.15) is 11.6 Å². The summed E-state index contributed by atoms with van der Waals surface area (Å²) in [4.78, 5) is 39.4. The van der Waals surface area contributed by atoms with Crippen LogP contribution in [-0.4, -0.2) is 47.5 Å². The molecule has 1 aliphatic heterocycles. The Morgan fingerprint density at radius 1 is 1.11 bits per heavy atom. The van der Waals surface area contributed by atoms with E-state index in [2.05, 4.69) is 0 Å². The monoisotopic (exact) mass is 389 g/mol. The zero-order valence-electron chi connectivity index (χ0n) is 17.3. The molecule has 0 bridgehead atoms. The predicted molar refractivity (Wildman–Crippen MR) is 105 cm³/mol. The van der Waals surface area contributed by atoms with Crippen molar-refractivity contribution in [3.05, 3.63) is 35.9 Å². The first kappa shape index (κ1) is 21.9. The molecule has 0 aromatic heterocycles. The van der Waals surface area contributed by atoms with Gasteiger partial charge in [-0.15, -0.1) is 0 Å². The number of rotatable bonds is 7. The topological polar surface area (TPSA) is 72.9 Å². The van der Waals surface area contributed by atoms with Crippen molar-refractivity contribution in [2.45, 2.75) is 65.0 Å². The van der Waals surface area contributed by atoms with Gasteiger partial charge in [-0.25, -0.2) is 4.79 Å². The predicted octanol–water partition coefficient (Wildman–Crippen LogP) is 3.13. The van der Waals surface area contributed by atoms with E-state index in [0.29, 0.717) is 25.8 Å². The average molecular weight is 389 g/mol. The van der Waals surface area contributed by atoms with Crippen LogP contribution in [0, 0.1) is 5.92 Å². The molecule has 1 fully saturated rings. The third-order valence-electron chi connectivity index (χ3n) is 4.65. The third kappa shape index (κ3) is 6.08. The molecule has 1 saturated heterocycles. The summed E-state index contributed by atoms with van der Waals surface area (Å²) in [5.74, 6) is -1.79. The quantitative estimate of drug-likeness (QED) is 0.670. The first-order valence-corrected chi connectivity index (χ1v) is 9.96. The summed E-state index contributed by atoms with van der Waals surface area (Å²) >= 11 is 0. The fourth-order valence-electron chi connectivity index (χ4n) is 3.45. The molecule has 2 atom stereocenters. The molecule has 1 heterocycles. The van der Waals surface area contributed by atoms with Crippen molar-refractivity contribution in [1.29, 1.82) is 0 Å². The van der Waals surface area contributed by atoms with Gasteiger partial charge in [-0.2, -0.15) is 0 Å². The zero-order valence-corrected chi connectivity index (χ0v) is 17.3. The van der Waals surface area contributed by atoms with Gasteiger partial charge < -0.3 is 14.4 Å². The number of hydrogen-bond acceptors (Lipinski definition) is 5. The van der Waals surface area contributed by atoms with Crippen LogP contribution in [0.2, 0.25) is 0 Å². The van der Waals surface area contributed by atoms with Gasteiger partial charge in [0.2, 0.25) is 5.91 Å². The lowest BCUT2D eigenvalue weighted by molar-refractivity contribution is -0.168. The lowest BCUT2D eigenvalue weighted by Gasteiger charge is -2.29. The van der Waals surface area contributed by atoms with E-state index in [9.17, 15) is 14.4 Å². The number of likely N-dealkylation sites (tertiary alicyclic amines) is 1. The summed E-state index contributed by atoms with van der Waals surface area (Å²) < 4.78 is 10.6. The summed E-state index contributed by atoms with van der Waals surface area (Å²) in [6.45, 7) is 7.63. The van der Waals surface area contributed by atoms with Gasteiger partial charge in [0.05, 0.1) is 12.5 Å². The third-order valence-corrected chi connectivity index (χ3v) is 4.65. The number of carbonyl (C=O) groups is 3. The minimum atomic E-state index is -0.914. The van der Waals surface area contributed by atoms with Crippen LogP contribution in [0.25, 0.3) is 0 Å². The van der Waals surface area contributed by atoms with E-state index in [0.717, 1.165) is 6.42 Å². The molecule has 0 N–H and O–H groups in total. The van der Waals surface area contributed by atoms with Crippen LogP contribution in [0.1, 0.15) is 52.5 Å². The molecule has 2 rings (SSSR count). The van der Waals surface area contributed by atoms with E-state index < -0.39 is 29.5 Å². The number of amides is 1. The fourth-order valence-corrected chi connectivity index (χ4v) is 3.45. The Morgan fingerprint density at radius 2 is 1.79 bits per heavy atom. The van der Waals surface area contributed by atoms with E-state index in [1.807, 2.05) is 30.3 Å². The second-order valence-electron chi connectivity index (χ2n) is 8.05. The maximum atomic E-state index is 12.8. The standard InChI is InChI=1S/C22H31NO5/c1-5-27-20(25)17-14-15-23(19(17)21(26)28-22(2,3)4)18(24)13-9-12-16-10-7-6-8-11-16/h6-8,10-11,17,19H,5,9,12-15H2,1-4H3/t17?,19-/m0/s1. The van der Waals surface area contributed by atoms with E-state index in [1.54, 1.807) is 27.7 Å². The molecule has 28 heavy (non-hydrogen) atoms. The Balaban J connectivity index is 2.05. The number of esters is 2. The highest BCUT2D eigenvalue weighted by atomic mass is 16.6. The van der Waals surface area contributed by atoms with Crippen LogP contribution in [0.3, 0.4) is 0 Å². The van der Waals surface area contributed by atoms with Gasteiger partial charge in [-0.3, -0.25) is 9.59 Å². The Bertz CT molecular complexity index is 680. The highest BCUT2D eigenvalue weighted by Crippen LogP contribution is 2.29. The van der Waals surface area contributed by atoms with Gasteiger partial charge in [0.25, 0.3) is 0 Å². The number of aryl methyl sites for hydroxylation is 1. The average Bonchev–Trinajstić information content (AvgIpc) is 3.07. The van der Waals surface area contributed by atoms with Crippen molar-refractivity contribution in [2.24, 2.45) is 5.92 Å². The molecule has 154 valence electrons. The molecular formula is C22H31NO5. The SMILES string of the molecule is CCOC(=O)C1CCN(C(=O)CCCc2ccccc2)[C@@H]1C(=O)OC(C)(C)C. The number of ether oxygens (including phenoxy) is 2. The maximum Gasteiger partial charge on any atom is 0.330 e. The van der Waals surface area contributed by atoms with Crippen LogP contribution in [0.4, 0.5) is 0 Å². The molecular weight excluding hydrogens is 358 g/mol. The first-order valence-electron chi connectivity index (χ1n) is 9.96. The molecule has 1 aliphatic rings. The fraction of sp³-hybridized carbons (Fsp3) is 0.591. The van der Waals surface area contributed by atoms with E-state index in [4.69, 9.17) is 9.47 Å². The van der Waals surface area contributed by atoms with Crippen LogP contribution in [0.5, 0.6) is 0 Å². The molecule has 0 saturated carbocycles. The second kappa shape index (κ2) is 9.71. The smallest absolute Gasteiger partial charge is 0.330 e. The molecule has 1 aromatic rings. The Labute approximate surface area is 167 Å². The van der Waals surface area contributed by atoms with Crippen LogP contribution in [-0.2, 0) is 30.3 Å². The van der Waals surface area contributed by atoms with E-state index in [1.165, 1.54) is 10.5 Å². The molecule has 0 aliphatic carbocycles. The molecule has 1 amide bonds. The lowest BCUT2D eigenvalue weighted by Crippen LogP contribution is -2.48. The summed E-state index contributed by atoms with van der Waals surface area (Å²) in [6, 6.07) is 9.05. The van der Waals surface area contributed by atoms with Crippen molar-refractivity contribution in [3.8, 4) is 0 Å². The molecule has 6 nitrogen and oxygen atoms in total. The molecule has 6 heteroatoms. The minimum absolute atomic E-state index is 0.126. The second-order valence-corrected chi connectivity index (χ2v) is 8.05. The maximum absolute atomic E-state index is 12.8. The molecule has 1 unspecified atom stereocenters. The van der Waals surface area contributed by atoms with Gasteiger partial charge in [0.15, 0.2) is 0 Å². The van der Waals surface area contributed by atoms with E-state index >= 15 is 0 Å². The lowest BCUT2D eigenvalue weighted by atomic mass is 10.00. The van der Waals surface area contributed by atoms with Crippen molar-refractivity contribution >= 4 is 17.8 Å². The molecule has 0 spiro atoms. The molecule has 0 radical (unpaired) electrons. The van der Waals surface area contributed by atoms with Crippen molar-refractivity contribution in [1.82, 2.24) is 4.90 Å². The highest BCUT2D eigenvalue weighted by Gasteiger charge is 2.47. The Morgan fingerprint density at radius 3 is 2.39 bits per heavy atom. The zero-order chi connectivity index (χ0) is 20.7. The number of benzene rings is 1. The van der Waals surface area contributed by atoms with Crippen LogP contribution < -0.4 is 0 Å². The Hall–Kier alpha value is -2.37. The van der Waals surface area contributed by atoms with Crippen molar-refractivity contribution < 1.29 is 23.9 Å². The van der Waals surface area contributed by atoms with Gasteiger partial charge in [0, 0.05) is 13.0 Å². The van der Waals surface area contributed by atoms with Gasteiger partial charge in [-0.1, -0.05) is 30.3 Å². The van der Waals surface area contributed by atoms with Gasteiger partial charge in [-0.05, 0) is 52.5 Å². The summed E-state index contributed by atoms with van der Waals surface area (Å²) in [5, 5.41) is 0. The normalized spacial score (nSPS) is 19.4. The minimum Gasteiger partial charge on any atom is -0.466 e. The van der Waals surface area contributed by atoms with Crippen molar-refractivity contribution in [2.75, 3.05) is 13.2 Å². The highest BCUT2D eigenvalue weighted by molar-refractivity contribution is 5.90.